The topological polar surface area (TPSA) is 53.1 Å². The second-order valence-corrected chi connectivity index (χ2v) is 5.19. The summed E-state index contributed by atoms with van der Waals surface area (Å²) >= 11 is 5.99. The third-order valence-electron chi connectivity index (χ3n) is 3.31. The Labute approximate surface area is 125 Å². The molecule has 3 aromatic rings. The van der Waals surface area contributed by atoms with Crippen LogP contribution in [0.2, 0.25) is 5.02 Å². The highest BCUT2D eigenvalue weighted by molar-refractivity contribution is 6.30. The highest BCUT2D eigenvalue weighted by Gasteiger charge is 2.16. The molecule has 106 valence electrons. The van der Waals surface area contributed by atoms with E-state index >= 15 is 0 Å². The Morgan fingerprint density at radius 1 is 1.24 bits per heavy atom. The summed E-state index contributed by atoms with van der Waals surface area (Å²) in [5, 5.41) is 10.2. The van der Waals surface area contributed by atoms with E-state index < -0.39 is 11.8 Å². The number of H-pyrrole nitrogens is 1. The number of aliphatic carboxylic acids is 1. The smallest absolute Gasteiger partial charge is 0.307 e. The van der Waals surface area contributed by atoms with E-state index in [0.29, 0.717) is 27.2 Å². The highest BCUT2D eigenvalue weighted by Crippen LogP contribution is 2.32. The third kappa shape index (κ3) is 2.62. The molecule has 5 heteroatoms. The standard InChI is InChI=1S/C16H11ClFNO2/c17-10-3-1-2-9(6-10)16-13(8-15(20)21)12-7-11(18)4-5-14(12)19-16/h1-7,19H,8H2,(H,20,21). The lowest BCUT2D eigenvalue weighted by atomic mass is 10.0. The highest BCUT2D eigenvalue weighted by atomic mass is 35.5. The van der Waals surface area contributed by atoms with E-state index in [2.05, 4.69) is 4.98 Å². The van der Waals surface area contributed by atoms with Crippen LogP contribution in [-0.2, 0) is 11.2 Å². The Balaban J connectivity index is 2.28. The summed E-state index contributed by atoms with van der Waals surface area (Å²) in [5.41, 5.74) is 2.68. The van der Waals surface area contributed by atoms with Gasteiger partial charge in [-0.25, -0.2) is 4.39 Å². The van der Waals surface area contributed by atoms with Gasteiger partial charge in [-0.15, -0.1) is 0 Å². The number of rotatable bonds is 3. The number of benzene rings is 2. The maximum Gasteiger partial charge on any atom is 0.307 e. The summed E-state index contributed by atoms with van der Waals surface area (Å²) < 4.78 is 13.4. The number of carbonyl (C=O) groups is 1. The molecule has 1 aromatic heterocycles. The van der Waals surface area contributed by atoms with E-state index in [0.717, 1.165) is 5.56 Å². The van der Waals surface area contributed by atoms with E-state index in [1.807, 2.05) is 6.07 Å². The first-order chi connectivity index (χ1) is 10.0. The van der Waals surface area contributed by atoms with Crippen LogP contribution in [-0.4, -0.2) is 16.1 Å². The Bertz CT molecular complexity index is 841. The molecule has 3 rings (SSSR count). The minimum absolute atomic E-state index is 0.189. The van der Waals surface area contributed by atoms with Gasteiger partial charge in [0.2, 0.25) is 0 Å². The number of carboxylic acids is 1. The molecule has 3 nitrogen and oxygen atoms in total. The van der Waals surface area contributed by atoms with Crippen LogP contribution < -0.4 is 0 Å². The number of fused-ring (bicyclic) bond motifs is 1. The summed E-state index contributed by atoms with van der Waals surface area (Å²) in [4.78, 5) is 14.3. The molecule has 2 aromatic carbocycles. The fourth-order valence-electron chi connectivity index (χ4n) is 2.45. The maximum atomic E-state index is 13.4. The van der Waals surface area contributed by atoms with E-state index in [9.17, 15) is 9.18 Å². The first-order valence-electron chi connectivity index (χ1n) is 6.32. The van der Waals surface area contributed by atoms with Crippen molar-refractivity contribution < 1.29 is 14.3 Å². The van der Waals surface area contributed by atoms with Crippen molar-refractivity contribution in [1.29, 1.82) is 0 Å². The normalized spacial score (nSPS) is 11.0. The summed E-state index contributed by atoms with van der Waals surface area (Å²) in [6, 6.07) is 11.4. The molecule has 0 fully saturated rings. The molecular weight excluding hydrogens is 293 g/mol. The monoisotopic (exact) mass is 303 g/mol. The van der Waals surface area contributed by atoms with Crippen molar-refractivity contribution in [3.8, 4) is 11.3 Å². The number of aromatic nitrogens is 1. The van der Waals surface area contributed by atoms with Crippen molar-refractivity contribution in [3.05, 3.63) is 58.9 Å². The lowest BCUT2D eigenvalue weighted by Crippen LogP contribution is -2.01. The molecule has 21 heavy (non-hydrogen) atoms. The Morgan fingerprint density at radius 2 is 2.05 bits per heavy atom. The molecule has 0 aliphatic rings. The van der Waals surface area contributed by atoms with Gasteiger partial charge in [0.25, 0.3) is 0 Å². The van der Waals surface area contributed by atoms with Crippen LogP contribution in [0.3, 0.4) is 0 Å². The fraction of sp³-hybridized carbons (Fsp3) is 0.0625. The second-order valence-electron chi connectivity index (χ2n) is 4.75. The molecule has 0 saturated carbocycles. The summed E-state index contributed by atoms with van der Waals surface area (Å²) in [6.45, 7) is 0. The van der Waals surface area contributed by atoms with Gasteiger partial charge >= 0.3 is 5.97 Å². The Kier molecular flexibility index (Phi) is 3.39. The molecule has 0 amide bonds. The Morgan fingerprint density at radius 3 is 2.76 bits per heavy atom. The maximum absolute atomic E-state index is 13.4. The molecule has 1 heterocycles. The first-order valence-corrected chi connectivity index (χ1v) is 6.70. The molecule has 0 aliphatic carbocycles. The van der Waals surface area contributed by atoms with Gasteiger partial charge in [-0.05, 0) is 41.5 Å². The molecule has 2 N–H and O–H groups in total. The van der Waals surface area contributed by atoms with E-state index in [1.54, 1.807) is 24.3 Å². The predicted octanol–water partition coefficient (Wildman–Crippen LogP) is 4.25. The lowest BCUT2D eigenvalue weighted by Gasteiger charge is -2.03. The largest absolute Gasteiger partial charge is 0.481 e. The average Bonchev–Trinajstić information content (AvgIpc) is 2.76. The Hall–Kier alpha value is -2.33. The molecular formula is C16H11ClFNO2. The van der Waals surface area contributed by atoms with Gasteiger partial charge in [-0.1, -0.05) is 23.7 Å². The molecule has 0 aliphatic heterocycles. The van der Waals surface area contributed by atoms with Crippen LogP contribution in [0.25, 0.3) is 22.2 Å². The zero-order valence-corrected chi connectivity index (χ0v) is 11.6. The van der Waals surface area contributed by atoms with E-state index in [4.69, 9.17) is 16.7 Å². The number of halogens is 2. The van der Waals surface area contributed by atoms with Crippen LogP contribution in [0, 0.1) is 5.82 Å². The van der Waals surface area contributed by atoms with Crippen LogP contribution >= 0.6 is 11.6 Å². The first kappa shape index (κ1) is 13.6. The third-order valence-corrected chi connectivity index (χ3v) is 3.54. The molecule has 0 bridgehead atoms. The fourth-order valence-corrected chi connectivity index (χ4v) is 2.64. The zero-order chi connectivity index (χ0) is 15.0. The second kappa shape index (κ2) is 5.22. The van der Waals surface area contributed by atoms with Gasteiger partial charge in [-0.3, -0.25) is 4.79 Å². The molecule has 0 spiro atoms. The molecule has 0 unspecified atom stereocenters. The van der Waals surface area contributed by atoms with Gasteiger partial charge < -0.3 is 10.1 Å². The number of hydrogen-bond donors (Lipinski definition) is 2. The van der Waals surface area contributed by atoms with Crippen molar-refractivity contribution in [2.45, 2.75) is 6.42 Å². The summed E-state index contributed by atoms with van der Waals surface area (Å²) in [7, 11) is 0. The SMILES string of the molecule is O=C(O)Cc1c(-c2cccc(Cl)c2)[nH]c2ccc(F)cc12. The van der Waals surface area contributed by atoms with Gasteiger partial charge in [0.05, 0.1) is 12.1 Å². The zero-order valence-electron chi connectivity index (χ0n) is 10.9. The van der Waals surface area contributed by atoms with Crippen molar-refractivity contribution in [3.63, 3.8) is 0 Å². The molecule has 0 atom stereocenters. The minimum atomic E-state index is -0.969. The van der Waals surface area contributed by atoms with E-state index in [-0.39, 0.29) is 6.42 Å². The molecule has 0 radical (unpaired) electrons. The van der Waals surface area contributed by atoms with E-state index in [1.165, 1.54) is 12.1 Å². The number of carboxylic acid groups (broad SMARTS) is 1. The van der Waals surface area contributed by atoms with Gasteiger partial charge in [-0.2, -0.15) is 0 Å². The number of nitrogens with one attached hydrogen (secondary N) is 1. The number of hydrogen-bond acceptors (Lipinski definition) is 1. The van der Waals surface area contributed by atoms with Gasteiger partial charge in [0.1, 0.15) is 5.82 Å². The van der Waals surface area contributed by atoms with Crippen molar-refractivity contribution in [1.82, 2.24) is 4.98 Å². The van der Waals surface area contributed by atoms with Gasteiger partial charge in [0.15, 0.2) is 0 Å². The average molecular weight is 304 g/mol. The van der Waals surface area contributed by atoms with Crippen LogP contribution in [0.15, 0.2) is 42.5 Å². The summed E-state index contributed by atoms with van der Waals surface area (Å²) in [6.07, 6.45) is -0.189. The lowest BCUT2D eigenvalue weighted by molar-refractivity contribution is -0.136. The minimum Gasteiger partial charge on any atom is -0.481 e. The van der Waals surface area contributed by atoms with Crippen molar-refractivity contribution in [2.24, 2.45) is 0 Å². The van der Waals surface area contributed by atoms with Crippen LogP contribution in [0.1, 0.15) is 5.56 Å². The van der Waals surface area contributed by atoms with Gasteiger partial charge in [0, 0.05) is 15.9 Å². The van der Waals surface area contributed by atoms with Crippen molar-refractivity contribution in [2.75, 3.05) is 0 Å². The number of aromatic amines is 1. The van der Waals surface area contributed by atoms with Crippen LogP contribution in [0.4, 0.5) is 4.39 Å². The quantitative estimate of drug-likeness (QED) is 0.760. The summed E-state index contributed by atoms with van der Waals surface area (Å²) in [5.74, 6) is -1.37. The van der Waals surface area contributed by atoms with Crippen LogP contribution in [0.5, 0.6) is 0 Å². The predicted molar refractivity (Wildman–Crippen MR) is 80.0 cm³/mol. The van der Waals surface area contributed by atoms with Crippen molar-refractivity contribution >= 4 is 28.5 Å². The molecule has 0 saturated heterocycles.